The molecule has 0 unspecified atom stereocenters. The average Bonchev–Trinajstić information content (AvgIpc) is 3.64. The number of fused-ring (bicyclic) bond motifs is 7. The summed E-state index contributed by atoms with van der Waals surface area (Å²) in [5.41, 5.74) is 9.12. The smallest absolute Gasteiger partial charge is 0.164 e. The fourth-order valence-corrected chi connectivity index (χ4v) is 7.99. The van der Waals surface area contributed by atoms with Crippen molar-refractivity contribution in [2.75, 3.05) is 0 Å². The van der Waals surface area contributed by atoms with E-state index in [0.29, 0.717) is 17.5 Å². The van der Waals surface area contributed by atoms with E-state index in [0.717, 1.165) is 49.8 Å². The van der Waals surface area contributed by atoms with Gasteiger partial charge in [0.25, 0.3) is 0 Å². The van der Waals surface area contributed by atoms with Crippen molar-refractivity contribution in [3.63, 3.8) is 0 Å². The first-order valence-electron chi connectivity index (χ1n) is 18.5. The predicted octanol–water partition coefficient (Wildman–Crippen LogP) is 13.6. The first-order valence-corrected chi connectivity index (χ1v) is 18.5. The van der Waals surface area contributed by atoms with Gasteiger partial charge in [0.05, 0.1) is 0 Å². The van der Waals surface area contributed by atoms with Crippen molar-refractivity contribution in [3.05, 3.63) is 188 Å². The van der Waals surface area contributed by atoms with Crippen LogP contribution in [0.4, 0.5) is 0 Å². The highest BCUT2D eigenvalue weighted by Crippen LogP contribution is 2.40. The monoisotopic (exact) mass is 701 g/mol. The number of nitrogens with zero attached hydrogens (tertiary/aromatic N) is 3. The number of aromatic nitrogens is 3. The molecule has 256 valence electrons. The fourth-order valence-electron chi connectivity index (χ4n) is 7.99. The summed E-state index contributed by atoms with van der Waals surface area (Å²) in [4.78, 5) is 14.9. The summed E-state index contributed by atoms with van der Waals surface area (Å²) in [6.07, 6.45) is 0. The Kier molecular flexibility index (Phi) is 7.14. The van der Waals surface area contributed by atoms with Gasteiger partial charge in [0.15, 0.2) is 17.5 Å². The minimum absolute atomic E-state index is 0.597. The molecule has 0 radical (unpaired) electrons. The van der Waals surface area contributed by atoms with Crippen molar-refractivity contribution in [2.24, 2.45) is 0 Å². The summed E-state index contributed by atoms with van der Waals surface area (Å²) >= 11 is 0. The molecule has 0 saturated carbocycles. The van der Waals surface area contributed by atoms with Crippen molar-refractivity contribution >= 4 is 54.3 Å². The normalized spacial score (nSPS) is 11.6. The lowest BCUT2D eigenvalue weighted by Crippen LogP contribution is -2.00. The van der Waals surface area contributed by atoms with Gasteiger partial charge in [-0.05, 0) is 78.8 Å². The molecule has 0 N–H and O–H groups in total. The van der Waals surface area contributed by atoms with Crippen molar-refractivity contribution in [1.82, 2.24) is 15.0 Å². The topological polar surface area (TPSA) is 51.8 Å². The Labute approximate surface area is 317 Å². The SMILES string of the molecule is c1ccc(-c2nc(-c3ccc(-c4ccc(-c5c6ccccc6cc6c5ccc5ccccc56)cc4)cc3)nc(-c3ccc4c(c3)oc3ccccc34)n2)cc1. The van der Waals surface area contributed by atoms with Crippen LogP contribution in [-0.2, 0) is 0 Å². The Hall–Kier alpha value is -7.43. The lowest BCUT2D eigenvalue weighted by atomic mass is 9.89. The van der Waals surface area contributed by atoms with Gasteiger partial charge >= 0.3 is 0 Å². The largest absolute Gasteiger partial charge is 0.456 e. The molecule has 9 aromatic carbocycles. The summed E-state index contributed by atoms with van der Waals surface area (Å²) < 4.78 is 6.21. The number of hydrogen-bond acceptors (Lipinski definition) is 4. The highest BCUT2D eigenvalue weighted by molar-refractivity contribution is 6.20. The third-order valence-electron chi connectivity index (χ3n) is 10.7. The van der Waals surface area contributed by atoms with Gasteiger partial charge in [-0.1, -0.05) is 164 Å². The second-order valence-corrected chi connectivity index (χ2v) is 14.0. The molecule has 4 heteroatoms. The average molecular weight is 702 g/mol. The van der Waals surface area contributed by atoms with Crippen LogP contribution in [0.15, 0.2) is 192 Å². The quantitative estimate of drug-likeness (QED) is 0.132. The molecule has 0 amide bonds. The maximum Gasteiger partial charge on any atom is 0.164 e. The van der Waals surface area contributed by atoms with E-state index in [1.54, 1.807) is 0 Å². The van der Waals surface area contributed by atoms with Crippen molar-refractivity contribution in [2.45, 2.75) is 0 Å². The molecule has 4 nitrogen and oxygen atoms in total. The minimum Gasteiger partial charge on any atom is -0.456 e. The van der Waals surface area contributed by atoms with Crippen molar-refractivity contribution in [1.29, 1.82) is 0 Å². The van der Waals surface area contributed by atoms with Crippen LogP contribution in [0.3, 0.4) is 0 Å². The van der Waals surface area contributed by atoms with Crippen LogP contribution < -0.4 is 0 Å². The maximum absolute atomic E-state index is 6.21. The van der Waals surface area contributed by atoms with E-state index >= 15 is 0 Å². The Morgan fingerprint density at radius 1 is 0.273 bits per heavy atom. The number of hydrogen-bond donors (Lipinski definition) is 0. The molecule has 55 heavy (non-hydrogen) atoms. The molecule has 11 aromatic rings. The standard InChI is InChI=1S/C51H31N3O/c1-2-11-36(12-3-1)49-52-50(54-51(53-49)39-27-28-43-42-16-8-9-17-46(42)55-47(43)31-39)37-24-20-33(21-25-37)32-18-22-35(23-19-32)48-41-15-7-5-13-38(41)30-45-40-14-6-4-10-34(40)26-29-44(45)48/h1-31H. The van der Waals surface area contributed by atoms with Gasteiger partial charge < -0.3 is 4.42 Å². The molecule has 0 bridgehead atoms. The molecular weight excluding hydrogens is 671 g/mol. The van der Waals surface area contributed by atoms with Crippen LogP contribution in [0.2, 0.25) is 0 Å². The summed E-state index contributed by atoms with van der Waals surface area (Å²) in [5, 5.41) is 9.73. The van der Waals surface area contributed by atoms with E-state index in [-0.39, 0.29) is 0 Å². The van der Waals surface area contributed by atoms with Crippen LogP contribution in [0.1, 0.15) is 0 Å². The highest BCUT2D eigenvalue weighted by atomic mass is 16.3. The number of benzene rings is 9. The molecule has 11 rings (SSSR count). The van der Waals surface area contributed by atoms with Crippen LogP contribution in [0.25, 0.3) is 111 Å². The second kappa shape index (κ2) is 12.6. The highest BCUT2D eigenvalue weighted by Gasteiger charge is 2.16. The molecule has 0 spiro atoms. The summed E-state index contributed by atoms with van der Waals surface area (Å²) in [5.74, 6) is 1.84. The second-order valence-electron chi connectivity index (χ2n) is 14.0. The van der Waals surface area contributed by atoms with Crippen LogP contribution in [0, 0.1) is 0 Å². The van der Waals surface area contributed by atoms with Gasteiger partial charge in [-0.25, -0.2) is 15.0 Å². The molecule has 2 aromatic heterocycles. The van der Waals surface area contributed by atoms with Gasteiger partial charge in [-0.15, -0.1) is 0 Å². The zero-order valence-corrected chi connectivity index (χ0v) is 29.6. The van der Waals surface area contributed by atoms with Crippen LogP contribution in [-0.4, -0.2) is 15.0 Å². The molecule has 2 heterocycles. The third-order valence-corrected chi connectivity index (χ3v) is 10.7. The van der Waals surface area contributed by atoms with Crippen molar-refractivity contribution < 1.29 is 4.42 Å². The molecule has 0 aliphatic rings. The number of rotatable bonds is 5. The summed E-state index contributed by atoms with van der Waals surface area (Å²) in [6.45, 7) is 0. The van der Waals surface area contributed by atoms with Gasteiger partial charge in [0.1, 0.15) is 11.2 Å². The zero-order valence-electron chi connectivity index (χ0n) is 29.6. The molecule has 0 saturated heterocycles. The van der Waals surface area contributed by atoms with E-state index in [4.69, 9.17) is 19.4 Å². The number of para-hydroxylation sites is 1. The summed E-state index contributed by atoms with van der Waals surface area (Å²) in [7, 11) is 0. The summed E-state index contributed by atoms with van der Waals surface area (Å²) in [6, 6.07) is 66.0. The van der Waals surface area contributed by atoms with Gasteiger partial charge in [0.2, 0.25) is 0 Å². The predicted molar refractivity (Wildman–Crippen MR) is 227 cm³/mol. The van der Waals surface area contributed by atoms with E-state index in [1.807, 2.05) is 54.6 Å². The van der Waals surface area contributed by atoms with E-state index in [9.17, 15) is 0 Å². The van der Waals surface area contributed by atoms with E-state index < -0.39 is 0 Å². The maximum atomic E-state index is 6.21. The first-order chi connectivity index (χ1) is 27.2. The Morgan fingerprint density at radius 2 is 0.782 bits per heavy atom. The van der Waals surface area contributed by atoms with E-state index in [2.05, 4.69) is 133 Å². The number of furan rings is 1. The van der Waals surface area contributed by atoms with Crippen LogP contribution >= 0.6 is 0 Å². The lowest BCUT2D eigenvalue weighted by molar-refractivity contribution is 0.669. The van der Waals surface area contributed by atoms with Crippen molar-refractivity contribution in [3.8, 4) is 56.4 Å². The molecule has 0 aliphatic carbocycles. The third kappa shape index (κ3) is 5.34. The molecule has 0 aliphatic heterocycles. The van der Waals surface area contributed by atoms with Gasteiger partial charge in [0, 0.05) is 27.5 Å². The van der Waals surface area contributed by atoms with Gasteiger partial charge in [-0.2, -0.15) is 0 Å². The molecule has 0 fully saturated rings. The molecule has 0 atom stereocenters. The van der Waals surface area contributed by atoms with Gasteiger partial charge in [-0.3, -0.25) is 0 Å². The molecular formula is C51H31N3O. The Balaban J connectivity index is 0.966. The minimum atomic E-state index is 0.597. The van der Waals surface area contributed by atoms with Crippen LogP contribution in [0.5, 0.6) is 0 Å². The zero-order chi connectivity index (χ0) is 36.3. The first kappa shape index (κ1) is 31.1. The Morgan fingerprint density at radius 3 is 1.53 bits per heavy atom. The Bertz CT molecular complexity index is 3240. The van der Waals surface area contributed by atoms with E-state index in [1.165, 1.54) is 43.4 Å². The fraction of sp³-hybridized carbons (Fsp3) is 0. The lowest BCUT2D eigenvalue weighted by Gasteiger charge is -2.14.